The molecule has 1 aliphatic heterocycles. The molecule has 2 heterocycles. The van der Waals surface area contributed by atoms with Gasteiger partial charge in [-0.15, -0.1) is 5.10 Å². The number of aryl methyl sites for hydroxylation is 2. The van der Waals surface area contributed by atoms with Gasteiger partial charge in [-0.05, 0) is 42.2 Å². The second-order valence-electron chi connectivity index (χ2n) is 6.76. The van der Waals surface area contributed by atoms with Crippen LogP contribution in [0.25, 0.3) is 0 Å². The Morgan fingerprint density at radius 3 is 2.68 bits per heavy atom. The minimum Gasteiger partial charge on any atom is -0.450 e. The van der Waals surface area contributed by atoms with Crippen LogP contribution in [0.1, 0.15) is 31.2 Å². The maximum atomic E-state index is 12.4. The van der Waals surface area contributed by atoms with Crippen molar-refractivity contribution < 1.29 is 14.3 Å². The Kier molecular flexibility index (Phi) is 6.94. The third-order valence-electron chi connectivity index (χ3n) is 4.77. The zero-order valence-electron chi connectivity index (χ0n) is 16.1. The second-order valence-corrected chi connectivity index (χ2v) is 6.76. The Labute approximate surface area is 164 Å². The Morgan fingerprint density at radius 2 is 1.96 bits per heavy atom. The molecule has 1 aliphatic rings. The lowest BCUT2D eigenvalue weighted by Gasteiger charge is -2.31. The molecule has 0 spiro atoms. The number of rotatable bonds is 7. The van der Waals surface area contributed by atoms with Crippen molar-refractivity contribution in [2.24, 2.45) is 0 Å². The molecule has 3 rings (SSSR count). The predicted octanol–water partition coefficient (Wildman–Crippen LogP) is 1.20. The van der Waals surface area contributed by atoms with Crippen LogP contribution in [0, 0.1) is 0 Å². The summed E-state index contributed by atoms with van der Waals surface area (Å²) in [6, 6.07) is 10.1. The monoisotopic (exact) mass is 386 g/mol. The van der Waals surface area contributed by atoms with Crippen LogP contribution in [0.2, 0.25) is 0 Å². The minimum atomic E-state index is -0.287. The number of hydrogen-bond donors (Lipinski definition) is 1. The Morgan fingerprint density at radius 1 is 1.21 bits per heavy atom. The minimum absolute atomic E-state index is 0.0480. The van der Waals surface area contributed by atoms with E-state index in [0.29, 0.717) is 44.9 Å². The van der Waals surface area contributed by atoms with Gasteiger partial charge in [-0.1, -0.05) is 30.3 Å². The largest absolute Gasteiger partial charge is 0.450 e. The Balaban J connectivity index is 1.44. The van der Waals surface area contributed by atoms with Crippen LogP contribution in [0.4, 0.5) is 4.79 Å². The van der Waals surface area contributed by atoms with E-state index in [2.05, 4.69) is 33.0 Å². The number of carbonyl (C=O) groups excluding carboxylic acids is 2. The van der Waals surface area contributed by atoms with Gasteiger partial charge in [0.2, 0.25) is 5.91 Å². The van der Waals surface area contributed by atoms with E-state index >= 15 is 0 Å². The van der Waals surface area contributed by atoms with E-state index in [1.165, 1.54) is 5.56 Å². The fourth-order valence-corrected chi connectivity index (χ4v) is 3.25. The van der Waals surface area contributed by atoms with E-state index in [1.54, 1.807) is 16.5 Å². The van der Waals surface area contributed by atoms with Gasteiger partial charge in [-0.25, -0.2) is 9.48 Å². The molecule has 1 aromatic carbocycles. The van der Waals surface area contributed by atoms with Gasteiger partial charge in [0, 0.05) is 25.7 Å². The molecule has 0 saturated carbocycles. The average Bonchev–Trinajstić information content (AvgIpc) is 3.14. The van der Waals surface area contributed by atoms with E-state index in [1.807, 2.05) is 18.2 Å². The molecule has 150 valence electrons. The summed E-state index contributed by atoms with van der Waals surface area (Å²) in [7, 11) is 0. The van der Waals surface area contributed by atoms with Crippen LogP contribution in [0.3, 0.4) is 0 Å². The molecule has 1 aromatic heterocycles. The molecule has 1 fully saturated rings. The Bertz CT molecular complexity index is 771. The number of amides is 2. The van der Waals surface area contributed by atoms with E-state index < -0.39 is 0 Å². The summed E-state index contributed by atoms with van der Waals surface area (Å²) in [5, 5.41) is 14.7. The quantitative estimate of drug-likeness (QED) is 0.767. The lowest BCUT2D eigenvalue weighted by Crippen LogP contribution is -2.47. The summed E-state index contributed by atoms with van der Waals surface area (Å²) in [5.74, 6) is 0.447. The zero-order chi connectivity index (χ0) is 19.8. The van der Waals surface area contributed by atoms with E-state index in [4.69, 9.17) is 4.74 Å². The summed E-state index contributed by atoms with van der Waals surface area (Å²) in [4.78, 5) is 25.8. The summed E-state index contributed by atoms with van der Waals surface area (Å²) in [6.45, 7) is 3.95. The highest BCUT2D eigenvalue weighted by Crippen LogP contribution is 2.12. The maximum absolute atomic E-state index is 12.4. The predicted molar refractivity (Wildman–Crippen MR) is 101 cm³/mol. The van der Waals surface area contributed by atoms with Crippen molar-refractivity contribution in [1.29, 1.82) is 0 Å². The molecule has 9 heteroatoms. The van der Waals surface area contributed by atoms with E-state index in [0.717, 1.165) is 6.42 Å². The summed E-state index contributed by atoms with van der Waals surface area (Å²) >= 11 is 0. The van der Waals surface area contributed by atoms with Gasteiger partial charge in [-0.3, -0.25) is 4.79 Å². The highest BCUT2D eigenvalue weighted by Gasteiger charge is 2.25. The van der Waals surface area contributed by atoms with Gasteiger partial charge in [0.05, 0.1) is 13.0 Å². The molecule has 0 unspecified atom stereocenters. The number of nitrogens with one attached hydrogen (secondary N) is 1. The number of nitrogens with zero attached hydrogens (tertiary/aromatic N) is 5. The smallest absolute Gasteiger partial charge is 0.409 e. The van der Waals surface area contributed by atoms with E-state index in [-0.39, 0.29) is 24.5 Å². The third kappa shape index (κ3) is 5.51. The first kappa shape index (κ1) is 19.8. The molecule has 0 aliphatic carbocycles. The lowest BCUT2D eigenvalue weighted by molar-refractivity contribution is -0.121. The zero-order valence-corrected chi connectivity index (χ0v) is 16.1. The summed E-state index contributed by atoms with van der Waals surface area (Å²) in [5.41, 5.74) is 1.20. The average molecular weight is 386 g/mol. The topological polar surface area (TPSA) is 102 Å². The van der Waals surface area contributed by atoms with Crippen LogP contribution >= 0.6 is 0 Å². The van der Waals surface area contributed by atoms with Crippen molar-refractivity contribution in [3.63, 3.8) is 0 Å². The SMILES string of the molecule is CCOC(=O)N1CCC(NC(=O)Cc2nnnn2CCc2ccccc2)CC1. The highest BCUT2D eigenvalue weighted by molar-refractivity contribution is 5.78. The summed E-state index contributed by atoms with van der Waals surface area (Å²) in [6.07, 6.45) is 2.07. The molecule has 1 saturated heterocycles. The van der Waals surface area contributed by atoms with Crippen molar-refractivity contribution in [3.05, 3.63) is 41.7 Å². The molecule has 2 aromatic rings. The van der Waals surface area contributed by atoms with Crippen LogP contribution in [-0.2, 0) is 28.9 Å². The van der Waals surface area contributed by atoms with Gasteiger partial charge in [0.1, 0.15) is 0 Å². The fraction of sp³-hybridized carbons (Fsp3) is 0.526. The van der Waals surface area contributed by atoms with Crippen LogP contribution < -0.4 is 5.32 Å². The van der Waals surface area contributed by atoms with Crippen LogP contribution in [-0.4, -0.2) is 62.8 Å². The van der Waals surface area contributed by atoms with Gasteiger partial charge in [0.25, 0.3) is 0 Å². The van der Waals surface area contributed by atoms with Crippen molar-refractivity contribution in [3.8, 4) is 0 Å². The second kappa shape index (κ2) is 9.82. The molecule has 1 N–H and O–H groups in total. The molecule has 2 amide bonds. The van der Waals surface area contributed by atoms with Gasteiger partial charge in [0.15, 0.2) is 5.82 Å². The van der Waals surface area contributed by atoms with Crippen molar-refractivity contribution in [2.75, 3.05) is 19.7 Å². The standard InChI is InChI=1S/C19H26N6O3/c1-2-28-19(27)24-11-9-16(10-12-24)20-18(26)14-17-21-22-23-25(17)13-8-15-6-4-3-5-7-15/h3-7,16H,2,8-14H2,1H3,(H,20,26). The number of hydrogen-bond acceptors (Lipinski definition) is 6. The number of piperidine rings is 1. The summed E-state index contributed by atoms with van der Waals surface area (Å²) < 4.78 is 6.69. The maximum Gasteiger partial charge on any atom is 0.409 e. The fourth-order valence-electron chi connectivity index (χ4n) is 3.25. The number of benzene rings is 1. The number of ether oxygens (including phenoxy) is 1. The van der Waals surface area contributed by atoms with Gasteiger partial charge in [-0.2, -0.15) is 0 Å². The van der Waals surface area contributed by atoms with Gasteiger partial charge >= 0.3 is 6.09 Å². The van der Waals surface area contributed by atoms with Crippen molar-refractivity contribution in [2.45, 2.75) is 45.2 Å². The Hall–Kier alpha value is -2.97. The molecule has 0 radical (unpaired) electrons. The lowest BCUT2D eigenvalue weighted by atomic mass is 10.1. The van der Waals surface area contributed by atoms with Crippen molar-refractivity contribution in [1.82, 2.24) is 30.4 Å². The molecule has 0 bridgehead atoms. The highest BCUT2D eigenvalue weighted by atomic mass is 16.6. The number of aromatic nitrogens is 4. The number of tetrazole rings is 1. The first-order valence-corrected chi connectivity index (χ1v) is 9.65. The van der Waals surface area contributed by atoms with Crippen LogP contribution in [0.5, 0.6) is 0 Å². The number of likely N-dealkylation sites (tertiary alicyclic amines) is 1. The number of carbonyl (C=O) groups is 2. The van der Waals surface area contributed by atoms with Gasteiger partial charge < -0.3 is 15.0 Å². The first-order chi connectivity index (χ1) is 13.7. The third-order valence-corrected chi connectivity index (χ3v) is 4.77. The van der Waals surface area contributed by atoms with Crippen LogP contribution in [0.15, 0.2) is 30.3 Å². The molecule has 9 nitrogen and oxygen atoms in total. The molecular formula is C19H26N6O3. The normalized spacial score (nSPS) is 14.7. The van der Waals surface area contributed by atoms with Crippen molar-refractivity contribution >= 4 is 12.0 Å². The molecule has 28 heavy (non-hydrogen) atoms. The molecule has 0 atom stereocenters. The molecular weight excluding hydrogens is 360 g/mol. The van der Waals surface area contributed by atoms with E-state index in [9.17, 15) is 9.59 Å². The first-order valence-electron chi connectivity index (χ1n) is 9.65.